The molecule has 0 aliphatic heterocycles. The highest BCUT2D eigenvalue weighted by Crippen LogP contribution is 2.22. The van der Waals surface area contributed by atoms with E-state index in [-0.39, 0.29) is 24.9 Å². The lowest BCUT2D eigenvalue weighted by Crippen LogP contribution is -2.38. The molecule has 0 bridgehead atoms. The number of rotatable bonds is 5. The second-order valence-electron chi connectivity index (χ2n) is 4.74. The second-order valence-corrected chi connectivity index (χ2v) is 5.15. The molecular formula is C13H19ClN4O2. The first-order valence-electron chi connectivity index (χ1n) is 6.03. The zero-order valence-corrected chi connectivity index (χ0v) is 12.6. The number of benzene rings is 1. The number of hydrogen-bond acceptors (Lipinski definition) is 4. The van der Waals surface area contributed by atoms with E-state index in [4.69, 9.17) is 17.3 Å². The molecule has 0 spiro atoms. The molecule has 0 aliphatic rings. The average molecular weight is 299 g/mol. The van der Waals surface area contributed by atoms with Gasteiger partial charge in [0.1, 0.15) is 0 Å². The van der Waals surface area contributed by atoms with E-state index in [0.717, 1.165) is 0 Å². The van der Waals surface area contributed by atoms with Crippen molar-refractivity contribution in [2.75, 3.05) is 45.3 Å². The number of anilines is 2. The molecule has 0 radical (unpaired) electrons. The van der Waals surface area contributed by atoms with Crippen LogP contribution in [-0.2, 0) is 9.59 Å². The molecule has 0 unspecified atom stereocenters. The lowest BCUT2D eigenvalue weighted by Gasteiger charge is -2.18. The summed E-state index contributed by atoms with van der Waals surface area (Å²) < 4.78 is 0. The quantitative estimate of drug-likeness (QED) is 0.791. The van der Waals surface area contributed by atoms with Gasteiger partial charge < -0.3 is 16.0 Å². The van der Waals surface area contributed by atoms with Gasteiger partial charge >= 0.3 is 0 Å². The number of amides is 2. The summed E-state index contributed by atoms with van der Waals surface area (Å²) in [6, 6.07) is 4.87. The molecule has 20 heavy (non-hydrogen) atoms. The first-order chi connectivity index (χ1) is 9.29. The van der Waals surface area contributed by atoms with E-state index in [2.05, 4.69) is 5.32 Å². The van der Waals surface area contributed by atoms with Crippen molar-refractivity contribution < 1.29 is 9.59 Å². The molecule has 0 heterocycles. The van der Waals surface area contributed by atoms with Crippen LogP contribution >= 0.6 is 11.6 Å². The number of carbonyl (C=O) groups excluding carboxylic acids is 2. The SMILES string of the molecule is CN(CC(=O)Nc1ccc(Cl)c(N)c1)CC(=O)N(C)C. The van der Waals surface area contributed by atoms with Gasteiger partial charge in [-0.05, 0) is 25.2 Å². The van der Waals surface area contributed by atoms with Gasteiger partial charge in [0.2, 0.25) is 11.8 Å². The summed E-state index contributed by atoms with van der Waals surface area (Å²) in [5.41, 5.74) is 6.63. The van der Waals surface area contributed by atoms with Crippen molar-refractivity contribution in [1.82, 2.24) is 9.80 Å². The third-order valence-corrected chi connectivity index (χ3v) is 2.94. The van der Waals surface area contributed by atoms with Gasteiger partial charge in [0, 0.05) is 19.8 Å². The van der Waals surface area contributed by atoms with E-state index < -0.39 is 0 Å². The van der Waals surface area contributed by atoms with Crippen LogP contribution in [-0.4, -0.2) is 55.8 Å². The van der Waals surface area contributed by atoms with E-state index >= 15 is 0 Å². The first-order valence-corrected chi connectivity index (χ1v) is 6.41. The lowest BCUT2D eigenvalue weighted by atomic mass is 10.3. The highest BCUT2D eigenvalue weighted by atomic mass is 35.5. The molecule has 1 aromatic carbocycles. The van der Waals surface area contributed by atoms with Gasteiger partial charge in [-0.15, -0.1) is 0 Å². The number of nitrogens with zero attached hydrogens (tertiary/aromatic N) is 2. The topological polar surface area (TPSA) is 78.7 Å². The molecular weight excluding hydrogens is 280 g/mol. The van der Waals surface area contributed by atoms with Crippen LogP contribution in [0.15, 0.2) is 18.2 Å². The van der Waals surface area contributed by atoms with Crippen molar-refractivity contribution in [3.05, 3.63) is 23.2 Å². The lowest BCUT2D eigenvalue weighted by molar-refractivity contribution is -0.130. The maximum absolute atomic E-state index is 11.8. The Labute approximate surface area is 123 Å². The van der Waals surface area contributed by atoms with Gasteiger partial charge in [-0.25, -0.2) is 0 Å². The van der Waals surface area contributed by atoms with Crippen molar-refractivity contribution in [1.29, 1.82) is 0 Å². The molecule has 0 aromatic heterocycles. The standard InChI is InChI=1S/C13H19ClN4O2/c1-17(2)13(20)8-18(3)7-12(19)16-9-4-5-10(14)11(15)6-9/h4-6H,7-8,15H2,1-3H3,(H,16,19). The summed E-state index contributed by atoms with van der Waals surface area (Å²) in [5, 5.41) is 3.14. The molecule has 0 atom stereocenters. The van der Waals surface area contributed by atoms with E-state index in [1.807, 2.05) is 0 Å². The number of carbonyl (C=O) groups is 2. The largest absolute Gasteiger partial charge is 0.397 e. The summed E-state index contributed by atoms with van der Waals surface area (Å²) in [6.07, 6.45) is 0. The van der Waals surface area contributed by atoms with Crippen LogP contribution in [0.4, 0.5) is 11.4 Å². The third kappa shape index (κ3) is 5.07. The van der Waals surface area contributed by atoms with Crippen LogP contribution < -0.4 is 11.1 Å². The summed E-state index contributed by atoms with van der Waals surface area (Å²) in [4.78, 5) is 26.4. The fourth-order valence-electron chi connectivity index (χ4n) is 1.50. The predicted molar refractivity (Wildman–Crippen MR) is 80.7 cm³/mol. The predicted octanol–water partition coefficient (Wildman–Crippen LogP) is 0.881. The highest BCUT2D eigenvalue weighted by Gasteiger charge is 2.12. The Morgan fingerprint density at radius 3 is 2.45 bits per heavy atom. The third-order valence-electron chi connectivity index (χ3n) is 2.60. The van der Waals surface area contributed by atoms with Crippen molar-refractivity contribution >= 4 is 34.8 Å². The maximum Gasteiger partial charge on any atom is 0.238 e. The molecule has 1 rings (SSSR count). The summed E-state index contributed by atoms with van der Waals surface area (Å²) in [5.74, 6) is -0.281. The number of hydrogen-bond donors (Lipinski definition) is 2. The van der Waals surface area contributed by atoms with Crippen molar-refractivity contribution in [2.24, 2.45) is 0 Å². The smallest absolute Gasteiger partial charge is 0.238 e. The van der Waals surface area contributed by atoms with Gasteiger partial charge in [-0.3, -0.25) is 14.5 Å². The minimum Gasteiger partial charge on any atom is -0.397 e. The Morgan fingerprint density at radius 1 is 1.25 bits per heavy atom. The molecule has 2 amide bonds. The van der Waals surface area contributed by atoms with Crippen molar-refractivity contribution in [3.8, 4) is 0 Å². The van der Waals surface area contributed by atoms with Crippen LogP contribution in [0, 0.1) is 0 Å². The van der Waals surface area contributed by atoms with Crippen LogP contribution in [0.3, 0.4) is 0 Å². The van der Waals surface area contributed by atoms with Crippen molar-refractivity contribution in [2.45, 2.75) is 0 Å². The number of likely N-dealkylation sites (N-methyl/N-ethyl adjacent to an activating group) is 2. The molecule has 0 fully saturated rings. The van der Waals surface area contributed by atoms with Gasteiger partial charge in [-0.2, -0.15) is 0 Å². The summed E-state index contributed by atoms with van der Waals surface area (Å²) in [7, 11) is 5.05. The summed E-state index contributed by atoms with van der Waals surface area (Å²) >= 11 is 5.80. The fraction of sp³-hybridized carbons (Fsp3) is 0.385. The number of nitrogens with one attached hydrogen (secondary N) is 1. The highest BCUT2D eigenvalue weighted by molar-refractivity contribution is 6.33. The van der Waals surface area contributed by atoms with E-state index in [1.165, 1.54) is 4.90 Å². The van der Waals surface area contributed by atoms with Gasteiger partial charge in [0.15, 0.2) is 0 Å². The molecule has 0 aliphatic carbocycles. The van der Waals surface area contributed by atoms with Gasteiger partial charge in [0.05, 0.1) is 23.8 Å². The van der Waals surface area contributed by atoms with Gasteiger partial charge in [0.25, 0.3) is 0 Å². The van der Waals surface area contributed by atoms with Crippen LogP contribution in [0.5, 0.6) is 0 Å². The molecule has 1 aromatic rings. The Kier molecular flexibility index (Phi) is 5.79. The number of halogens is 1. The zero-order valence-electron chi connectivity index (χ0n) is 11.8. The summed E-state index contributed by atoms with van der Waals surface area (Å²) in [6.45, 7) is 0.297. The molecule has 7 heteroatoms. The van der Waals surface area contributed by atoms with Crippen LogP contribution in [0.2, 0.25) is 5.02 Å². The Bertz CT molecular complexity index is 505. The van der Waals surface area contributed by atoms with Crippen LogP contribution in [0.25, 0.3) is 0 Å². The minimum atomic E-state index is -0.222. The van der Waals surface area contributed by atoms with Crippen LogP contribution in [0.1, 0.15) is 0 Å². The Hall–Kier alpha value is -1.79. The molecule has 0 saturated heterocycles. The number of nitrogens with two attached hydrogens (primary N) is 1. The molecule has 6 nitrogen and oxygen atoms in total. The van der Waals surface area contributed by atoms with Crippen molar-refractivity contribution in [3.63, 3.8) is 0 Å². The minimum absolute atomic E-state index is 0.0592. The Balaban J connectivity index is 2.50. The molecule has 110 valence electrons. The molecule has 3 N–H and O–H groups in total. The fourth-order valence-corrected chi connectivity index (χ4v) is 1.61. The van der Waals surface area contributed by atoms with Gasteiger partial charge in [-0.1, -0.05) is 11.6 Å². The number of nitrogen functional groups attached to an aromatic ring is 1. The maximum atomic E-state index is 11.8. The van der Waals surface area contributed by atoms with E-state index in [9.17, 15) is 9.59 Å². The second kappa shape index (κ2) is 7.12. The van der Waals surface area contributed by atoms with E-state index in [0.29, 0.717) is 16.4 Å². The monoisotopic (exact) mass is 298 g/mol. The molecule has 0 saturated carbocycles. The normalized spacial score (nSPS) is 10.4. The average Bonchev–Trinajstić information content (AvgIpc) is 2.33. The Morgan fingerprint density at radius 2 is 1.90 bits per heavy atom. The first kappa shape index (κ1) is 16.3. The zero-order chi connectivity index (χ0) is 15.3. The van der Waals surface area contributed by atoms with E-state index in [1.54, 1.807) is 44.2 Å².